The summed E-state index contributed by atoms with van der Waals surface area (Å²) in [5.74, 6) is 0.497. The molecule has 2 fully saturated rings. The molecule has 0 amide bonds. The predicted octanol–water partition coefficient (Wildman–Crippen LogP) is 6.72. The highest BCUT2D eigenvalue weighted by Crippen LogP contribution is 2.63. The van der Waals surface area contributed by atoms with Crippen molar-refractivity contribution in [1.29, 1.82) is 0 Å². The second kappa shape index (κ2) is 14.7. The molecule has 0 spiro atoms. The lowest BCUT2D eigenvalue weighted by Gasteiger charge is -2.58. The van der Waals surface area contributed by atoms with Crippen LogP contribution < -0.4 is 4.74 Å². The van der Waals surface area contributed by atoms with Crippen LogP contribution in [0.4, 0.5) is 0 Å². The second-order valence-corrected chi connectivity index (χ2v) is 13.7. The van der Waals surface area contributed by atoms with Gasteiger partial charge in [0.25, 0.3) is 0 Å². The number of ether oxygens (including phenoxy) is 2. The van der Waals surface area contributed by atoms with Crippen molar-refractivity contribution < 1.29 is 29.6 Å². The number of aliphatic hydroxyl groups excluding tert-OH is 2. The number of thioether (sulfide) groups is 1. The fourth-order valence-corrected chi connectivity index (χ4v) is 9.63. The molecule has 42 heavy (non-hydrogen) atoms. The molecule has 3 aliphatic carbocycles. The summed E-state index contributed by atoms with van der Waals surface area (Å²) in [6, 6.07) is 5.51. The molecule has 0 radical (unpaired) electrons. The highest BCUT2D eigenvalue weighted by atomic mass is 32.2. The topological polar surface area (TPSA) is 101 Å². The Kier molecular flexibility index (Phi) is 11.0. The molecule has 1 aromatic rings. The van der Waals surface area contributed by atoms with Crippen LogP contribution in [0, 0.1) is 17.8 Å². The molecule has 0 aromatic heterocycles. The molecule has 7 nitrogen and oxygen atoms in total. The first kappa shape index (κ1) is 31.4. The Labute approximate surface area is 255 Å². The zero-order chi connectivity index (χ0) is 29.5. The number of aliphatic hydroxyl groups is 2. The predicted molar refractivity (Wildman–Crippen MR) is 168 cm³/mol. The fraction of sp³-hybridized carbons (Fsp3) is 0.676. The smallest absolute Gasteiger partial charge is 0.230 e. The summed E-state index contributed by atoms with van der Waals surface area (Å²) in [4.78, 5) is 5.74. The number of nitrogens with zero attached hydrogens (tertiary/aromatic N) is 1. The van der Waals surface area contributed by atoms with Gasteiger partial charge in [0, 0.05) is 36.4 Å². The summed E-state index contributed by atoms with van der Waals surface area (Å²) in [6.45, 7) is 7.19. The van der Waals surface area contributed by atoms with Crippen LogP contribution in [0.1, 0.15) is 89.0 Å². The number of aromatic hydroxyl groups is 1. The summed E-state index contributed by atoms with van der Waals surface area (Å²) < 4.78 is 14.0. The van der Waals surface area contributed by atoms with E-state index in [-0.39, 0.29) is 47.9 Å². The van der Waals surface area contributed by atoms with Crippen molar-refractivity contribution in [2.24, 2.45) is 22.9 Å². The Morgan fingerprint density at radius 2 is 1.88 bits per heavy atom. The normalized spacial score (nSPS) is 31.3. The number of unbranched alkanes of at least 4 members (excludes halogenated alkanes) is 2. The number of allylic oxidation sites excluding steroid dienone is 1. The minimum Gasteiger partial charge on any atom is -0.508 e. The molecular weight excluding hydrogens is 550 g/mol. The highest BCUT2D eigenvalue weighted by Gasteiger charge is 2.64. The van der Waals surface area contributed by atoms with Gasteiger partial charge in [0.05, 0.1) is 23.5 Å². The number of hydrogen-bond donors (Lipinski definition) is 3. The number of hydrogen-bond acceptors (Lipinski definition) is 8. The fourth-order valence-electron chi connectivity index (χ4n) is 7.85. The molecule has 2 saturated carbocycles. The third kappa shape index (κ3) is 6.42. The number of phenolic OH excluding ortho intramolecular Hbond substituents is 1. The largest absolute Gasteiger partial charge is 0.508 e. The first-order valence-electron chi connectivity index (χ1n) is 16.1. The van der Waals surface area contributed by atoms with E-state index in [1.54, 1.807) is 6.07 Å². The van der Waals surface area contributed by atoms with Gasteiger partial charge in [0.2, 0.25) is 5.79 Å². The quantitative estimate of drug-likeness (QED) is 0.117. The SMILES string of the molecule is C=CCO[C@@]12Oc3ccc(O)cc3[C@H]3[C@H](CCCCO)[C@@H](CCCCO)C=C(C(=NOCC)C[C@@H]1SC1CCCC1)[C@H]32. The maximum absolute atomic E-state index is 10.7. The number of fused-ring (bicyclic) bond motifs is 2. The van der Waals surface area contributed by atoms with Crippen LogP contribution in [0.15, 0.2) is 47.7 Å². The zero-order valence-electron chi connectivity index (χ0n) is 25.1. The van der Waals surface area contributed by atoms with Crippen LogP contribution in [0.5, 0.6) is 11.5 Å². The minimum absolute atomic E-state index is 0.00962. The Morgan fingerprint density at radius 1 is 1.12 bits per heavy atom. The molecule has 3 N–H and O–H groups in total. The molecule has 0 bridgehead atoms. The average Bonchev–Trinajstić information content (AvgIpc) is 3.51. The van der Waals surface area contributed by atoms with Crippen molar-refractivity contribution in [3.63, 3.8) is 0 Å². The van der Waals surface area contributed by atoms with E-state index in [4.69, 9.17) is 19.5 Å². The summed E-state index contributed by atoms with van der Waals surface area (Å²) >= 11 is 2.00. The Balaban J connectivity index is 1.69. The second-order valence-electron chi connectivity index (χ2n) is 12.2. The molecule has 6 atom stereocenters. The summed E-state index contributed by atoms with van der Waals surface area (Å²) in [6.07, 6.45) is 15.1. The van der Waals surface area contributed by atoms with Gasteiger partial charge in [-0.2, -0.15) is 0 Å². The molecular formula is C34H49NO6S. The van der Waals surface area contributed by atoms with E-state index in [2.05, 4.69) is 12.7 Å². The minimum atomic E-state index is -0.918. The van der Waals surface area contributed by atoms with E-state index in [0.29, 0.717) is 24.9 Å². The van der Waals surface area contributed by atoms with Gasteiger partial charge in [0.15, 0.2) is 0 Å². The monoisotopic (exact) mass is 599 g/mol. The third-order valence-corrected chi connectivity index (χ3v) is 11.3. The molecule has 8 heteroatoms. The van der Waals surface area contributed by atoms with Gasteiger partial charge in [-0.1, -0.05) is 43.0 Å². The number of rotatable bonds is 15. The lowest BCUT2D eigenvalue weighted by atomic mass is 9.56. The zero-order valence-corrected chi connectivity index (χ0v) is 25.9. The molecule has 1 aromatic carbocycles. The lowest BCUT2D eigenvalue weighted by Crippen LogP contribution is -2.64. The molecule has 1 aliphatic heterocycles. The van der Waals surface area contributed by atoms with Crippen molar-refractivity contribution in [3.8, 4) is 11.5 Å². The number of benzene rings is 1. The van der Waals surface area contributed by atoms with Crippen molar-refractivity contribution in [2.75, 3.05) is 26.4 Å². The van der Waals surface area contributed by atoms with E-state index in [1.165, 1.54) is 25.7 Å². The molecule has 5 rings (SSSR count). The van der Waals surface area contributed by atoms with Gasteiger partial charge >= 0.3 is 0 Å². The summed E-state index contributed by atoms with van der Waals surface area (Å²) in [5, 5.41) is 35.3. The van der Waals surface area contributed by atoms with Gasteiger partial charge < -0.3 is 29.6 Å². The maximum atomic E-state index is 10.7. The van der Waals surface area contributed by atoms with Gasteiger partial charge in [-0.25, -0.2) is 0 Å². The Bertz CT molecular complexity index is 1120. The van der Waals surface area contributed by atoms with Crippen LogP contribution in [-0.2, 0) is 9.57 Å². The van der Waals surface area contributed by atoms with E-state index >= 15 is 0 Å². The van der Waals surface area contributed by atoms with Gasteiger partial charge in [-0.05, 0) is 81.1 Å². The highest BCUT2D eigenvalue weighted by molar-refractivity contribution is 8.00. The lowest BCUT2D eigenvalue weighted by molar-refractivity contribution is -0.223. The Morgan fingerprint density at radius 3 is 2.60 bits per heavy atom. The standard InChI is InChI=1S/C34H49NO6S/c1-3-19-39-34-31(42-25-12-5-6-13-25)22-29(35-40-4-2)27-20-23(11-7-9-17-36)26(14-8-10-18-37)32(33(27)34)28-21-24(38)15-16-30(28)41-34/h3,15-16,20-21,23,25-26,31-33,36-38H,1,4-14,17-19,22H2,2H3/t23-,26+,31-,32+,33+,34+/m0/s1. The van der Waals surface area contributed by atoms with Gasteiger partial charge in [0.1, 0.15) is 18.1 Å². The van der Waals surface area contributed by atoms with Crippen molar-refractivity contribution >= 4 is 17.5 Å². The van der Waals surface area contributed by atoms with Crippen LogP contribution in [0.3, 0.4) is 0 Å². The third-order valence-electron chi connectivity index (χ3n) is 9.60. The molecule has 0 unspecified atom stereocenters. The van der Waals surface area contributed by atoms with Crippen LogP contribution in [0.2, 0.25) is 0 Å². The molecule has 0 saturated heterocycles. The average molecular weight is 600 g/mol. The van der Waals surface area contributed by atoms with Crippen molar-refractivity contribution in [2.45, 2.75) is 99.8 Å². The Hall–Kier alpha value is -2.00. The number of phenols is 1. The first-order valence-corrected chi connectivity index (χ1v) is 17.0. The van der Waals surface area contributed by atoms with E-state index in [1.807, 2.05) is 36.9 Å². The van der Waals surface area contributed by atoms with E-state index in [9.17, 15) is 15.3 Å². The van der Waals surface area contributed by atoms with E-state index in [0.717, 1.165) is 61.1 Å². The van der Waals surface area contributed by atoms with Gasteiger partial charge in [-0.3, -0.25) is 0 Å². The molecule has 1 heterocycles. The summed E-state index contributed by atoms with van der Waals surface area (Å²) in [7, 11) is 0. The molecule has 4 aliphatic rings. The van der Waals surface area contributed by atoms with Gasteiger partial charge in [-0.15, -0.1) is 18.3 Å². The van der Waals surface area contributed by atoms with Crippen LogP contribution in [-0.4, -0.2) is 63.7 Å². The van der Waals surface area contributed by atoms with Crippen molar-refractivity contribution in [3.05, 3.63) is 48.1 Å². The molecule has 232 valence electrons. The van der Waals surface area contributed by atoms with Crippen LogP contribution in [0.25, 0.3) is 0 Å². The first-order chi connectivity index (χ1) is 20.6. The number of oxime groups is 1. The van der Waals surface area contributed by atoms with E-state index < -0.39 is 5.79 Å². The summed E-state index contributed by atoms with van der Waals surface area (Å²) in [5.41, 5.74) is 3.14. The van der Waals surface area contributed by atoms with Crippen LogP contribution >= 0.6 is 11.8 Å². The maximum Gasteiger partial charge on any atom is 0.230 e. The van der Waals surface area contributed by atoms with Crippen molar-refractivity contribution in [1.82, 2.24) is 0 Å².